The number of anilines is 3. The number of aromatic nitrogens is 2. The Morgan fingerprint density at radius 3 is 2.50 bits per heavy atom. The monoisotopic (exact) mass is 270 g/mol. The van der Waals surface area contributed by atoms with E-state index < -0.39 is 0 Å². The number of rotatable bonds is 3. The van der Waals surface area contributed by atoms with Crippen molar-refractivity contribution in [3.63, 3.8) is 0 Å². The van der Waals surface area contributed by atoms with Gasteiger partial charge in [-0.25, -0.2) is 4.98 Å². The molecule has 2 N–H and O–H groups in total. The third-order valence-electron chi connectivity index (χ3n) is 3.01. The quantitative estimate of drug-likeness (QED) is 0.883. The molecule has 0 fully saturated rings. The van der Waals surface area contributed by atoms with Gasteiger partial charge in [-0.05, 0) is 57.9 Å². The van der Waals surface area contributed by atoms with Crippen LogP contribution in [-0.4, -0.2) is 15.5 Å². The lowest BCUT2D eigenvalue weighted by atomic mass is 10.1. The van der Waals surface area contributed by atoms with E-state index in [0.717, 1.165) is 11.5 Å². The first-order valence-corrected chi connectivity index (χ1v) is 6.80. The first-order chi connectivity index (χ1) is 9.35. The molecule has 0 bridgehead atoms. The second-order valence-electron chi connectivity index (χ2n) is 6.01. The highest BCUT2D eigenvalue weighted by Gasteiger charge is 2.11. The maximum atomic E-state index is 4.49. The van der Waals surface area contributed by atoms with Crippen LogP contribution in [0.2, 0.25) is 0 Å². The fraction of sp³-hybridized carbons (Fsp3) is 0.375. The van der Waals surface area contributed by atoms with Crippen molar-refractivity contribution in [3.8, 4) is 0 Å². The highest BCUT2D eigenvalue weighted by Crippen LogP contribution is 2.21. The molecule has 0 amide bonds. The highest BCUT2D eigenvalue weighted by atomic mass is 15.2. The number of hydrogen-bond donors (Lipinski definition) is 2. The van der Waals surface area contributed by atoms with Crippen LogP contribution in [0.25, 0.3) is 0 Å². The Hall–Kier alpha value is -2.10. The molecular formula is C16H22N4. The Balaban J connectivity index is 2.22. The van der Waals surface area contributed by atoms with E-state index in [1.54, 1.807) is 6.20 Å². The minimum Gasteiger partial charge on any atom is -0.365 e. The summed E-state index contributed by atoms with van der Waals surface area (Å²) < 4.78 is 0. The zero-order valence-corrected chi connectivity index (χ0v) is 12.8. The van der Waals surface area contributed by atoms with Gasteiger partial charge in [-0.2, -0.15) is 4.98 Å². The summed E-state index contributed by atoms with van der Waals surface area (Å²) in [4.78, 5) is 8.76. The molecule has 1 aromatic carbocycles. The molecule has 0 unspecified atom stereocenters. The van der Waals surface area contributed by atoms with Crippen LogP contribution in [0.1, 0.15) is 31.9 Å². The molecule has 0 atom stereocenters. The topological polar surface area (TPSA) is 49.8 Å². The van der Waals surface area contributed by atoms with Crippen LogP contribution in [0.5, 0.6) is 0 Å². The van der Waals surface area contributed by atoms with Crippen LogP contribution in [0.4, 0.5) is 17.5 Å². The first kappa shape index (κ1) is 14.3. The molecule has 20 heavy (non-hydrogen) atoms. The molecule has 1 aromatic heterocycles. The number of nitrogens with one attached hydrogen (secondary N) is 2. The van der Waals surface area contributed by atoms with Gasteiger partial charge in [0.2, 0.25) is 5.95 Å². The van der Waals surface area contributed by atoms with Gasteiger partial charge in [-0.15, -0.1) is 0 Å². The summed E-state index contributed by atoms with van der Waals surface area (Å²) >= 11 is 0. The molecule has 2 rings (SSSR count). The van der Waals surface area contributed by atoms with Crippen LogP contribution in [-0.2, 0) is 0 Å². The standard InChI is InChI=1S/C16H22N4/c1-11-7-6-8-13(12(11)2)18-15-17-10-9-14(19-15)20-16(3,4)5/h6-10H,1-5H3,(H2,17,18,19,20). The zero-order chi connectivity index (χ0) is 14.8. The Bertz CT molecular complexity index is 600. The van der Waals surface area contributed by atoms with Crippen molar-refractivity contribution in [1.29, 1.82) is 0 Å². The maximum absolute atomic E-state index is 4.49. The second-order valence-corrected chi connectivity index (χ2v) is 6.01. The molecular weight excluding hydrogens is 248 g/mol. The lowest BCUT2D eigenvalue weighted by Gasteiger charge is -2.21. The van der Waals surface area contributed by atoms with Crippen LogP contribution in [0, 0.1) is 13.8 Å². The molecule has 0 saturated carbocycles. The van der Waals surface area contributed by atoms with Gasteiger partial charge in [0.05, 0.1) is 0 Å². The average molecular weight is 270 g/mol. The van der Waals surface area contributed by atoms with Gasteiger partial charge < -0.3 is 10.6 Å². The van der Waals surface area contributed by atoms with Crippen LogP contribution < -0.4 is 10.6 Å². The van der Waals surface area contributed by atoms with Crippen molar-refractivity contribution >= 4 is 17.5 Å². The normalized spacial score (nSPS) is 11.2. The summed E-state index contributed by atoms with van der Waals surface area (Å²) in [6.45, 7) is 10.5. The van der Waals surface area contributed by atoms with E-state index in [1.165, 1.54) is 11.1 Å². The van der Waals surface area contributed by atoms with Gasteiger partial charge in [0.1, 0.15) is 5.82 Å². The average Bonchev–Trinajstić information content (AvgIpc) is 2.33. The minimum absolute atomic E-state index is 0.0229. The third-order valence-corrected chi connectivity index (χ3v) is 3.01. The second kappa shape index (κ2) is 5.49. The Morgan fingerprint density at radius 1 is 1.05 bits per heavy atom. The predicted molar refractivity (Wildman–Crippen MR) is 84.6 cm³/mol. The van der Waals surface area contributed by atoms with E-state index in [4.69, 9.17) is 0 Å². The van der Waals surface area contributed by atoms with E-state index >= 15 is 0 Å². The molecule has 4 heteroatoms. The predicted octanol–water partition coefficient (Wildman–Crippen LogP) is 4.05. The SMILES string of the molecule is Cc1cccc(Nc2nccc(NC(C)(C)C)n2)c1C. The summed E-state index contributed by atoms with van der Waals surface area (Å²) in [6, 6.07) is 8.04. The van der Waals surface area contributed by atoms with Gasteiger partial charge in [0.15, 0.2) is 0 Å². The molecule has 0 spiro atoms. The van der Waals surface area contributed by atoms with Crippen LogP contribution in [0.15, 0.2) is 30.5 Å². The fourth-order valence-electron chi connectivity index (χ4n) is 1.88. The maximum Gasteiger partial charge on any atom is 0.229 e. The largest absolute Gasteiger partial charge is 0.365 e. The lowest BCUT2D eigenvalue weighted by molar-refractivity contribution is 0.630. The first-order valence-electron chi connectivity index (χ1n) is 6.80. The Labute approximate surface area is 120 Å². The van der Waals surface area contributed by atoms with E-state index in [0.29, 0.717) is 5.95 Å². The van der Waals surface area contributed by atoms with Crippen molar-refractivity contribution in [2.24, 2.45) is 0 Å². The van der Waals surface area contributed by atoms with E-state index in [9.17, 15) is 0 Å². The zero-order valence-electron chi connectivity index (χ0n) is 12.8. The molecule has 0 saturated heterocycles. The number of hydrogen-bond acceptors (Lipinski definition) is 4. The van der Waals surface area contributed by atoms with Crippen molar-refractivity contribution in [2.45, 2.75) is 40.2 Å². The van der Waals surface area contributed by atoms with Crippen molar-refractivity contribution < 1.29 is 0 Å². The number of benzene rings is 1. The lowest BCUT2D eigenvalue weighted by Crippen LogP contribution is -2.26. The summed E-state index contributed by atoms with van der Waals surface area (Å²) in [5, 5.41) is 6.62. The van der Waals surface area contributed by atoms with Gasteiger partial charge in [0, 0.05) is 17.4 Å². The summed E-state index contributed by atoms with van der Waals surface area (Å²) in [5.41, 5.74) is 3.48. The molecule has 0 aliphatic heterocycles. The van der Waals surface area contributed by atoms with Crippen molar-refractivity contribution in [2.75, 3.05) is 10.6 Å². The van der Waals surface area contributed by atoms with E-state index in [1.807, 2.05) is 18.2 Å². The Morgan fingerprint density at radius 2 is 1.80 bits per heavy atom. The van der Waals surface area contributed by atoms with Crippen LogP contribution >= 0.6 is 0 Å². The Kier molecular flexibility index (Phi) is 3.93. The molecule has 2 aromatic rings. The van der Waals surface area contributed by atoms with Crippen molar-refractivity contribution in [1.82, 2.24) is 9.97 Å². The summed E-state index contributed by atoms with van der Waals surface area (Å²) in [5.74, 6) is 1.42. The molecule has 1 heterocycles. The van der Waals surface area contributed by atoms with Crippen LogP contribution in [0.3, 0.4) is 0 Å². The van der Waals surface area contributed by atoms with E-state index in [-0.39, 0.29) is 5.54 Å². The van der Waals surface area contributed by atoms with Crippen molar-refractivity contribution in [3.05, 3.63) is 41.6 Å². The summed E-state index contributed by atoms with van der Waals surface area (Å²) in [7, 11) is 0. The fourth-order valence-corrected chi connectivity index (χ4v) is 1.88. The molecule has 0 aliphatic carbocycles. The van der Waals surface area contributed by atoms with E-state index in [2.05, 4.69) is 61.3 Å². The third kappa shape index (κ3) is 3.70. The van der Waals surface area contributed by atoms with Gasteiger partial charge in [-0.1, -0.05) is 12.1 Å². The number of nitrogens with zero attached hydrogens (tertiary/aromatic N) is 2. The number of aryl methyl sites for hydroxylation is 1. The molecule has 0 aliphatic rings. The van der Waals surface area contributed by atoms with Gasteiger partial charge in [0.25, 0.3) is 0 Å². The molecule has 106 valence electrons. The van der Waals surface area contributed by atoms with Gasteiger partial charge >= 0.3 is 0 Å². The minimum atomic E-state index is -0.0229. The van der Waals surface area contributed by atoms with Gasteiger partial charge in [-0.3, -0.25) is 0 Å². The highest BCUT2D eigenvalue weighted by molar-refractivity contribution is 5.60. The molecule has 4 nitrogen and oxygen atoms in total. The molecule has 0 radical (unpaired) electrons. The smallest absolute Gasteiger partial charge is 0.229 e. The summed E-state index contributed by atoms with van der Waals surface area (Å²) in [6.07, 6.45) is 1.76.